The smallest absolute Gasteiger partial charge is 0.198 e. The standard InChI is InChI=1S/C32H37NO13.ClH/c1-12-26(37)17(33)7-21(43-12)46-31-13(2)44-22(8-18(31)35)45-19-10-32(42,20(36)11-34)9-16-23(19)30(41)25-24(29(16)40)27(38)14-5-3-4-6-15(14)28(25)39;/h3-6,12-13,17-19,21-22,26,31,34-35,37,40-42H,7-11,33H2,1-2H3;1H/t12-,13-,17+,18+,19-,21-,22-,26+,31+,32-;/m0./s1. The lowest BCUT2D eigenvalue weighted by Crippen LogP contribution is -2.56. The van der Waals surface area contributed by atoms with Crippen LogP contribution >= 0.6 is 12.4 Å². The molecule has 0 aromatic heterocycles. The number of rotatable bonds is 6. The third-order valence-electron chi connectivity index (χ3n) is 9.45. The first-order valence-corrected chi connectivity index (χ1v) is 15.1. The second-order valence-electron chi connectivity index (χ2n) is 12.5. The Morgan fingerprint density at radius 2 is 1.53 bits per heavy atom. The molecule has 6 rings (SSSR count). The molecule has 10 atom stereocenters. The Kier molecular flexibility index (Phi) is 9.85. The maximum Gasteiger partial charge on any atom is 0.198 e. The van der Waals surface area contributed by atoms with Crippen molar-refractivity contribution in [3.05, 3.63) is 57.6 Å². The molecule has 256 valence electrons. The van der Waals surface area contributed by atoms with Gasteiger partial charge >= 0.3 is 0 Å². The quantitative estimate of drug-likeness (QED) is 0.174. The van der Waals surface area contributed by atoms with Crippen LogP contribution in [0.1, 0.15) is 82.2 Å². The lowest BCUT2D eigenvalue weighted by atomic mass is 9.72. The Hall–Kier alpha value is -3.02. The number of benzene rings is 2. The molecule has 14 nitrogen and oxygen atoms in total. The Bertz CT molecular complexity index is 1560. The van der Waals surface area contributed by atoms with Crippen molar-refractivity contribution < 1.29 is 64.0 Å². The van der Waals surface area contributed by atoms with Gasteiger partial charge in [0.25, 0.3) is 0 Å². The van der Waals surface area contributed by atoms with Crippen molar-refractivity contribution in [2.75, 3.05) is 6.61 Å². The van der Waals surface area contributed by atoms with Crippen LogP contribution in [-0.4, -0.2) is 109 Å². The van der Waals surface area contributed by atoms with E-state index < -0.39 is 120 Å². The minimum Gasteiger partial charge on any atom is -0.507 e. The van der Waals surface area contributed by atoms with Crippen LogP contribution in [0, 0.1) is 0 Å². The number of hydrogen-bond acceptors (Lipinski definition) is 14. The maximum absolute atomic E-state index is 13.5. The average molecular weight is 680 g/mol. The van der Waals surface area contributed by atoms with E-state index in [1.165, 1.54) is 12.1 Å². The van der Waals surface area contributed by atoms with Crippen molar-refractivity contribution in [1.29, 1.82) is 0 Å². The molecule has 2 aliphatic heterocycles. The summed E-state index contributed by atoms with van der Waals surface area (Å²) in [6, 6.07) is 5.34. The molecular weight excluding hydrogens is 642 g/mol. The summed E-state index contributed by atoms with van der Waals surface area (Å²) in [5, 5.41) is 65.1. The summed E-state index contributed by atoms with van der Waals surface area (Å²) in [7, 11) is 0. The lowest BCUT2D eigenvalue weighted by Gasteiger charge is -2.44. The number of hydrogen-bond donors (Lipinski definition) is 7. The van der Waals surface area contributed by atoms with Gasteiger partial charge in [0.15, 0.2) is 29.9 Å². The topological polar surface area (TPSA) is 236 Å². The van der Waals surface area contributed by atoms with Crippen LogP contribution in [0.2, 0.25) is 0 Å². The van der Waals surface area contributed by atoms with Crippen molar-refractivity contribution in [2.45, 2.75) is 100 Å². The molecule has 47 heavy (non-hydrogen) atoms. The van der Waals surface area contributed by atoms with Gasteiger partial charge in [0.2, 0.25) is 0 Å². The number of halogens is 1. The molecule has 0 saturated carbocycles. The fraction of sp³-hybridized carbons (Fsp3) is 0.531. The largest absolute Gasteiger partial charge is 0.507 e. The van der Waals surface area contributed by atoms with Gasteiger partial charge in [-0.05, 0) is 13.8 Å². The van der Waals surface area contributed by atoms with E-state index in [9.17, 15) is 45.0 Å². The number of ketones is 3. The van der Waals surface area contributed by atoms with Crippen LogP contribution in [-0.2, 0) is 30.2 Å². The average Bonchev–Trinajstić information content (AvgIpc) is 3.01. The first kappa shape index (κ1) is 35.3. The van der Waals surface area contributed by atoms with Crippen LogP contribution in [0.15, 0.2) is 24.3 Å². The molecule has 2 aromatic carbocycles. The number of fused-ring (bicyclic) bond motifs is 3. The Morgan fingerprint density at radius 3 is 2.11 bits per heavy atom. The number of aliphatic hydroxyl groups excluding tert-OH is 3. The summed E-state index contributed by atoms with van der Waals surface area (Å²) < 4.78 is 23.8. The number of ether oxygens (including phenoxy) is 4. The van der Waals surface area contributed by atoms with Crippen LogP contribution in [0.4, 0.5) is 0 Å². The number of aromatic hydroxyl groups is 2. The van der Waals surface area contributed by atoms with Gasteiger partial charge in [-0.1, -0.05) is 24.3 Å². The molecule has 0 radical (unpaired) electrons. The van der Waals surface area contributed by atoms with Gasteiger partial charge in [0.1, 0.15) is 29.8 Å². The predicted octanol–water partition coefficient (Wildman–Crippen LogP) is 0.296. The molecule has 0 bridgehead atoms. The zero-order valence-electron chi connectivity index (χ0n) is 25.6. The molecule has 0 amide bonds. The molecule has 8 N–H and O–H groups in total. The highest BCUT2D eigenvalue weighted by molar-refractivity contribution is 6.30. The summed E-state index contributed by atoms with van der Waals surface area (Å²) in [5.41, 5.74) is 2.51. The first-order chi connectivity index (χ1) is 21.7. The number of nitrogens with two attached hydrogens (primary N) is 1. The van der Waals surface area contributed by atoms with E-state index in [0.29, 0.717) is 0 Å². The molecule has 2 aromatic rings. The number of aliphatic hydroxyl groups is 4. The van der Waals surface area contributed by atoms with Gasteiger partial charge in [0, 0.05) is 54.0 Å². The van der Waals surface area contributed by atoms with Crippen molar-refractivity contribution >= 4 is 29.8 Å². The number of Topliss-reactive ketones (excluding diaryl/α,β-unsaturated/α-hetero) is 1. The Labute approximate surface area is 275 Å². The predicted molar refractivity (Wildman–Crippen MR) is 162 cm³/mol. The summed E-state index contributed by atoms with van der Waals surface area (Å²) in [6.07, 6.45) is -8.83. The third kappa shape index (κ3) is 5.97. The van der Waals surface area contributed by atoms with Crippen molar-refractivity contribution in [3.8, 4) is 11.5 Å². The van der Waals surface area contributed by atoms with Crippen LogP contribution in [0.3, 0.4) is 0 Å². The molecule has 15 heteroatoms. The molecule has 0 unspecified atom stereocenters. The van der Waals surface area contributed by atoms with Crippen molar-refractivity contribution in [2.24, 2.45) is 5.73 Å². The molecular formula is C32H38ClNO13. The minimum absolute atomic E-state index is 0. The van der Waals surface area contributed by atoms with E-state index >= 15 is 0 Å². The fourth-order valence-electron chi connectivity index (χ4n) is 7.00. The molecule has 0 spiro atoms. The van der Waals surface area contributed by atoms with Gasteiger partial charge in [-0.25, -0.2) is 0 Å². The lowest BCUT2D eigenvalue weighted by molar-refractivity contribution is -0.311. The van der Waals surface area contributed by atoms with Crippen LogP contribution < -0.4 is 5.73 Å². The fourth-order valence-corrected chi connectivity index (χ4v) is 7.00. The first-order valence-electron chi connectivity index (χ1n) is 15.1. The van der Waals surface area contributed by atoms with Gasteiger partial charge in [-0.15, -0.1) is 12.4 Å². The van der Waals surface area contributed by atoms with Gasteiger partial charge in [0.05, 0.1) is 41.6 Å². The summed E-state index contributed by atoms with van der Waals surface area (Å²) >= 11 is 0. The number of carbonyl (C=O) groups is 3. The van der Waals surface area contributed by atoms with E-state index in [-0.39, 0.29) is 47.5 Å². The number of phenols is 2. The minimum atomic E-state index is -2.28. The molecule has 4 aliphatic rings. The van der Waals surface area contributed by atoms with Gasteiger partial charge in [-0.2, -0.15) is 0 Å². The van der Waals surface area contributed by atoms with E-state index in [2.05, 4.69) is 0 Å². The van der Waals surface area contributed by atoms with E-state index in [0.717, 1.165) is 0 Å². The Morgan fingerprint density at radius 1 is 0.957 bits per heavy atom. The van der Waals surface area contributed by atoms with E-state index in [4.69, 9.17) is 24.7 Å². The number of carbonyl (C=O) groups excluding carboxylic acids is 3. The zero-order chi connectivity index (χ0) is 33.2. The maximum atomic E-state index is 13.5. The number of phenolic OH excluding ortho intramolecular Hbond substituents is 2. The van der Waals surface area contributed by atoms with Gasteiger partial charge < -0.3 is 55.3 Å². The van der Waals surface area contributed by atoms with Crippen LogP contribution in [0.25, 0.3) is 0 Å². The van der Waals surface area contributed by atoms with Crippen molar-refractivity contribution in [3.63, 3.8) is 0 Å². The highest BCUT2D eigenvalue weighted by atomic mass is 35.5. The monoisotopic (exact) mass is 679 g/mol. The van der Waals surface area contributed by atoms with Gasteiger partial charge in [-0.3, -0.25) is 14.4 Å². The SMILES string of the molecule is C[C@@H]1O[C@@H](O[C@H]2[C@H](O)C[C@H](O[C@H]3C[C@](O)(C(=O)CO)Cc4c(O)c5c(c(O)c43)C(=O)c3ccccc3C5=O)O[C@H]2C)C[C@@H](N)[C@@H]1O.Cl. The second kappa shape index (κ2) is 13.1. The van der Waals surface area contributed by atoms with Crippen LogP contribution in [0.5, 0.6) is 11.5 Å². The summed E-state index contributed by atoms with van der Waals surface area (Å²) in [4.78, 5) is 39.7. The highest BCUT2D eigenvalue weighted by Crippen LogP contribution is 2.52. The molecule has 2 heterocycles. The highest BCUT2D eigenvalue weighted by Gasteiger charge is 2.50. The Balaban J connectivity index is 0.00000433. The summed E-state index contributed by atoms with van der Waals surface area (Å²) in [5.74, 6) is -3.80. The molecule has 2 fully saturated rings. The summed E-state index contributed by atoms with van der Waals surface area (Å²) in [6.45, 7) is 2.23. The van der Waals surface area contributed by atoms with E-state index in [1.807, 2.05) is 0 Å². The third-order valence-corrected chi connectivity index (χ3v) is 9.45. The molecule has 2 saturated heterocycles. The normalized spacial score (nSPS) is 34.9. The van der Waals surface area contributed by atoms with E-state index in [1.54, 1.807) is 26.0 Å². The molecule has 2 aliphatic carbocycles. The second-order valence-corrected chi connectivity index (χ2v) is 12.5. The zero-order valence-corrected chi connectivity index (χ0v) is 26.4. The van der Waals surface area contributed by atoms with Crippen molar-refractivity contribution in [1.82, 2.24) is 0 Å².